The van der Waals surface area contributed by atoms with Crippen molar-refractivity contribution >= 4 is 11.8 Å². The van der Waals surface area contributed by atoms with E-state index in [1.807, 2.05) is 11.8 Å². The molecule has 0 saturated carbocycles. The molecule has 0 aromatic heterocycles. The Balaban J connectivity index is 1.56. The molecule has 0 radical (unpaired) electrons. The zero-order chi connectivity index (χ0) is 27.2. The molecule has 0 atom stereocenters. The fourth-order valence-corrected chi connectivity index (χ4v) is 6.40. The average molecular weight is 522 g/mol. The fourth-order valence-electron chi connectivity index (χ4n) is 4.94. The number of hydrogen-bond donors (Lipinski definition) is 1. The van der Waals surface area contributed by atoms with E-state index in [4.69, 9.17) is 0 Å². The third-order valence-electron chi connectivity index (χ3n) is 7.19. The molecule has 2 heteroatoms. The number of rotatable bonds is 9. The second kappa shape index (κ2) is 11.9. The largest absolute Gasteiger partial charge is 0.312 e. The molecule has 0 unspecified atom stereocenters. The fraction of sp³-hybridized carbons (Fsp3) is 0.333. The van der Waals surface area contributed by atoms with Crippen molar-refractivity contribution in [1.82, 2.24) is 5.32 Å². The smallest absolute Gasteiger partial charge is 0.0907 e. The van der Waals surface area contributed by atoms with E-state index in [2.05, 4.69) is 156 Å². The predicted octanol–water partition coefficient (Wildman–Crippen LogP) is 9.10. The summed E-state index contributed by atoms with van der Waals surface area (Å²) in [6.45, 7) is 15.6. The monoisotopic (exact) mass is 521 g/mol. The van der Waals surface area contributed by atoms with Crippen LogP contribution in [-0.2, 0) is 22.1 Å². The van der Waals surface area contributed by atoms with Gasteiger partial charge >= 0.3 is 0 Å². The minimum Gasteiger partial charge on any atom is -0.312 e. The van der Waals surface area contributed by atoms with Gasteiger partial charge in [-0.2, -0.15) is 0 Å². The quantitative estimate of drug-likeness (QED) is 0.174. The van der Waals surface area contributed by atoms with Gasteiger partial charge in [0, 0.05) is 18.8 Å². The van der Waals surface area contributed by atoms with Crippen LogP contribution in [0.3, 0.4) is 0 Å². The van der Waals surface area contributed by atoms with Gasteiger partial charge in [0.15, 0.2) is 0 Å². The Bertz CT molecular complexity index is 1150. The summed E-state index contributed by atoms with van der Waals surface area (Å²) in [6.07, 6.45) is 0. The maximum atomic E-state index is 3.77. The second-order valence-corrected chi connectivity index (χ2v) is 13.5. The first kappa shape index (κ1) is 28.2. The minimum absolute atomic E-state index is 0.131. The van der Waals surface area contributed by atoms with E-state index in [1.54, 1.807) is 0 Å². The molecule has 0 aliphatic heterocycles. The van der Waals surface area contributed by atoms with E-state index in [1.165, 1.54) is 33.4 Å². The summed E-state index contributed by atoms with van der Waals surface area (Å²) in [5.74, 6) is 0.990. The minimum atomic E-state index is -0.267. The lowest BCUT2D eigenvalue weighted by Gasteiger charge is -2.35. The Hall–Kier alpha value is -2.81. The Labute approximate surface area is 235 Å². The van der Waals surface area contributed by atoms with Gasteiger partial charge in [0.2, 0.25) is 0 Å². The molecule has 0 fully saturated rings. The summed E-state index contributed by atoms with van der Waals surface area (Å²) in [4.78, 5) is 0. The molecule has 0 aliphatic rings. The van der Waals surface area contributed by atoms with Gasteiger partial charge in [-0.15, -0.1) is 11.8 Å². The predicted molar refractivity (Wildman–Crippen MR) is 167 cm³/mol. The van der Waals surface area contributed by atoms with E-state index < -0.39 is 0 Å². The Kier molecular flexibility index (Phi) is 8.85. The second-order valence-electron chi connectivity index (χ2n) is 12.2. The van der Waals surface area contributed by atoms with Crippen LogP contribution in [0.25, 0.3) is 0 Å². The van der Waals surface area contributed by atoms with E-state index in [-0.39, 0.29) is 15.6 Å². The van der Waals surface area contributed by atoms with Gasteiger partial charge in [-0.1, -0.05) is 151 Å². The van der Waals surface area contributed by atoms with E-state index in [0.29, 0.717) is 0 Å². The molecule has 4 aromatic carbocycles. The molecule has 0 bridgehead atoms. The summed E-state index contributed by atoms with van der Waals surface area (Å²) < 4.78 is -0.267. The van der Waals surface area contributed by atoms with Crippen molar-refractivity contribution in [3.63, 3.8) is 0 Å². The van der Waals surface area contributed by atoms with Crippen molar-refractivity contribution in [3.8, 4) is 0 Å². The maximum absolute atomic E-state index is 3.77. The van der Waals surface area contributed by atoms with Gasteiger partial charge < -0.3 is 5.32 Å². The molecular formula is C36H43NS. The molecule has 0 spiro atoms. The molecule has 0 saturated heterocycles. The molecule has 38 heavy (non-hydrogen) atoms. The topological polar surface area (TPSA) is 12.0 Å². The zero-order valence-corrected chi connectivity index (χ0v) is 24.7. The van der Waals surface area contributed by atoms with Gasteiger partial charge in [0.05, 0.1) is 4.75 Å². The molecule has 0 amide bonds. The Morgan fingerprint density at radius 2 is 0.921 bits per heavy atom. The lowest BCUT2D eigenvalue weighted by molar-refractivity contribution is 0.565. The number of hydrogen-bond acceptors (Lipinski definition) is 2. The summed E-state index contributed by atoms with van der Waals surface area (Å²) in [7, 11) is 0. The number of thioether (sulfide) groups is 1. The molecule has 0 heterocycles. The first-order valence-corrected chi connectivity index (χ1v) is 14.8. The van der Waals surface area contributed by atoms with Gasteiger partial charge in [0.1, 0.15) is 0 Å². The first-order chi connectivity index (χ1) is 18.1. The molecule has 0 aliphatic carbocycles. The maximum Gasteiger partial charge on any atom is 0.0907 e. The van der Waals surface area contributed by atoms with Crippen LogP contribution in [0.4, 0.5) is 0 Å². The van der Waals surface area contributed by atoms with Crippen molar-refractivity contribution in [2.75, 3.05) is 12.3 Å². The van der Waals surface area contributed by atoms with Gasteiger partial charge in [-0.05, 0) is 44.2 Å². The highest BCUT2D eigenvalue weighted by Gasteiger charge is 2.36. The molecule has 198 valence electrons. The molecular weight excluding hydrogens is 478 g/mol. The average Bonchev–Trinajstić information content (AvgIpc) is 2.91. The highest BCUT2D eigenvalue weighted by atomic mass is 32.2. The number of nitrogens with one attached hydrogen (secondary N) is 1. The van der Waals surface area contributed by atoms with Crippen LogP contribution in [0, 0.1) is 0 Å². The van der Waals surface area contributed by atoms with E-state index in [0.717, 1.165) is 18.8 Å². The van der Waals surface area contributed by atoms with E-state index in [9.17, 15) is 0 Å². The van der Waals surface area contributed by atoms with Crippen LogP contribution in [0.5, 0.6) is 0 Å². The number of benzene rings is 4. The van der Waals surface area contributed by atoms with E-state index >= 15 is 0 Å². The van der Waals surface area contributed by atoms with Gasteiger partial charge in [-0.3, -0.25) is 0 Å². The highest BCUT2D eigenvalue weighted by molar-refractivity contribution is 8.00. The van der Waals surface area contributed by atoms with Crippen LogP contribution in [0.2, 0.25) is 0 Å². The van der Waals surface area contributed by atoms with Crippen LogP contribution in [0.15, 0.2) is 109 Å². The third-order valence-corrected chi connectivity index (χ3v) is 8.74. The summed E-state index contributed by atoms with van der Waals surface area (Å²) in [5.41, 5.74) is 8.40. The van der Waals surface area contributed by atoms with Crippen molar-refractivity contribution in [2.45, 2.75) is 63.7 Å². The molecule has 1 N–H and O–H groups in total. The van der Waals surface area contributed by atoms with Crippen LogP contribution in [-0.4, -0.2) is 12.3 Å². The molecule has 4 aromatic rings. The van der Waals surface area contributed by atoms with Crippen molar-refractivity contribution in [1.29, 1.82) is 0 Å². The normalized spacial score (nSPS) is 12.5. The SMILES string of the molecule is CC(C)(C)c1cc(CNCCSC(c2ccccc2)(c2ccccc2)c2ccccc2)cc(C(C)(C)C)c1. The summed E-state index contributed by atoms with van der Waals surface area (Å²) in [6, 6.07) is 40.0. The summed E-state index contributed by atoms with van der Waals surface area (Å²) >= 11 is 2.02. The van der Waals surface area contributed by atoms with Gasteiger partial charge in [0.25, 0.3) is 0 Å². The van der Waals surface area contributed by atoms with Crippen LogP contribution >= 0.6 is 11.8 Å². The molecule has 1 nitrogen and oxygen atoms in total. The summed E-state index contributed by atoms with van der Waals surface area (Å²) in [5, 5.41) is 3.77. The first-order valence-electron chi connectivity index (χ1n) is 13.8. The Morgan fingerprint density at radius 1 is 0.526 bits per heavy atom. The van der Waals surface area contributed by atoms with Gasteiger partial charge in [-0.25, -0.2) is 0 Å². The highest BCUT2D eigenvalue weighted by Crippen LogP contribution is 2.48. The zero-order valence-electron chi connectivity index (χ0n) is 23.9. The Morgan fingerprint density at radius 3 is 1.29 bits per heavy atom. The third kappa shape index (κ3) is 6.60. The van der Waals surface area contributed by atoms with Crippen LogP contribution < -0.4 is 5.32 Å². The standard InChI is InChI=1S/C36H43NS/c1-34(2,3)32-24-28(25-33(26-32)35(4,5)6)27-37-22-23-38-36(29-16-10-7-11-17-29,30-18-12-8-13-19-30)31-20-14-9-15-21-31/h7-21,24-26,37H,22-23,27H2,1-6H3. The lowest BCUT2D eigenvalue weighted by Crippen LogP contribution is -2.28. The van der Waals surface area contributed by atoms with Crippen molar-refractivity contribution < 1.29 is 0 Å². The van der Waals surface area contributed by atoms with Crippen molar-refractivity contribution in [3.05, 3.63) is 143 Å². The van der Waals surface area contributed by atoms with Crippen molar-refractivity contribution in [2.24, 2.45) is 0 Å². The molecule has 4 rings (SSSR count). The van der Waals surface area contributed by atoms with Crippen LogP contribution in [0.1, 0.15) is 74.9 Å². The lowest BCUT2D eigenvalue weighted by atomic mass is 9.79.